The van der Waals surface area contributed by atoms with Gasteiger partial charge in [0.25, 0.3) is 0 Å². The predicted octanol–water partition coefficient (Wildman–Crippen LogP) is -0.519. The van der Waals surface area contributed by atoms with E-state index in [0.717, 1.165) is 0 Å². The normalized spacial score (nSPS) is 25.8. The molecule has 0 aromatic heterocycles. The number of sulfonamides is 1. The SMILES string of the molecule is CCNCC(C)S(=O)(=O)NC1CCCS(=O)(=O)C1. The summed E-state index contributed by atoms with van der Waals surface area (Å²) in [6.07, 6.45) is 1.11. The molecule has 0 bridgehead atoms. The first-order valence-electron chi connectivity index (χ1n) is 6.19. The summed E-state index contributed by atoms with van der Waals surface area (Å²) >= 11 is 0. The van der Waals surface area contributed by atoms with Crippen LogP contribution in [-0.4, -0.2) is 52.7 Å². The summed E-state index contributed by atoms with van der Waals surface area (Å²) in [7, 11) is -6.55. The molecule has 0 amide bonds. The Balaban J connectivity index is 2.60. The quantitative estimate of drug-likeness (QED) is 0.688. The van der Waals surface area contributed by atoms with Crippen molar-refractivity contribution in [2.45, 2.75) is 38.0 Å². The van der Waals surface area contributed by atoms with Crippen LogP contribution in [0.25, 0.3) is 0 Å². The van der Waals surface area contributed by atoms with E-state index in [1.54, 1.807) is 6.92 Å². The smallest absolute Gasteiger partial charge is 0.215 e. The first kappa shape index (κ1) is 15.9. The van der Waals surface area contributed by atoms with Crippen molar-refractivity contribution in [3.05, 3.63) is 0 Å². The Hall–Kier alpha value is -0.180. The maximum Gasteiger partial charge on any atom is 0.215 e. The Labute approximate surface area is 110 Å². The van der Waals surface area contributed by atoms with Crippen molar-refractivity contribution in [2.75, 3.05) is 24.6 Å². The molecule has 0 aliphatic carbocycles. The van der Waals surface area contributed by atoms with Gasteiger partial charge in [-0.1, -0.05) is 6.92 Å². The van der Waals surface area contributed by atoms with Gasteiger partial charge in [-0.3, -0.25) is 0 Å². The predicted molar refractivity (Wildman–Crippen MR) is 71.7 cm³/mol. The molecule has 1 rings (SSSR count). The van der Waals surface area contributed by atoms with E-state index in [1.807, 2.05) is 6.92 Å². The fourth-order valence-corrected chi connectivity index (χ4v) is 4.90. The molecular weight excluding hydrogens is 276 g/mol. The van der Waals surface area contributed by atoms with Crippen molar-refractivity contribution < 1.29 is 16.8 Å². The lowest BCUT2D eigenvalue weighted by Crippen LogP contribution is -2.47. The Morgan fingerprint density at radius 3 is 2.61 bits per heavy atom. The third-order valence-electron chi connectivity index (χ3n) is 3.01. The number of hydrogen-bond donors (Lipinski definition) is 2. The van der Waals surface area contributed by atoms with Crippen LogP contribution in [0.3, 0.4) is 0 Å². The summed E-state index contributed by atoms with van der Waals surface area (Å²) in [4.78, 5) is 0. The summed E-state index contributed by atoms with van der Waals surface area (Å²) in [6, 6.07) is -0.474. The molecular formula is C10H22N2O4S2. The molecule has 1 aliphatic heterocycles. The number of hydrogen-bond acceptors (Lipinski definition) is 5. The molecule has 2 atom stereocenters. The molecule has 108 valence electrons. The third kappa shape index (κ3) is 4.83. The summed E-state index contributed by atoms with van der Waals surface area (Å²) in [6.45, 7) is 4.59. The third-order valence-corrected chi connectivity index (χ3v) is 6.71. The van der Waals surface area contributed by atoms with Gasteiger partial charge in [0.2, 0.25) is 10.0 Å². The maximum atomic E-state index is 12.0. The molecule has 1 heterocycles. The Bertz CT molecular complexity index is 458. The highest BCUT2D eigenvalue weighted by Crippen LogP contribution is 2.13. The van der Waals surface area contributed by atoms with Crippen LogP contribution < -0.4 is 10.0 Å². The number of sulfone groups is 1. The van der Waals surface area contributed by atoms with E-state index in [2.05, 4.69) is 10.0 Å². The van der Waals surface area contributed by atoms with Gasteiger partial charge in [0.1, 0.15) is 0 Å². The van der Waals surface area contributed by atoms with Crippen molar-refractivity contribution in [1.82, 2.24) is 10.0 Å². The van der Waals surface area contributed by atoms with Crippen molar-refractivity contribution in [1.29, 1.82) is 0 Å². The van der Waals surface area contributed by atoms with Crippen LogP contribution in [0.2, 0.25) is 0 Å². The molecule has 6 nitrogen and oxygen atoms in total. The molecule has 1 fully saturated rings. The minimum atomic E-state index is -3.46. The molecule has 1 saturated heterocycles. The average Bonchev–Trinajstić information content (AvgIpc) is 2.23. The highest BCUT2D eigenvalue weighted by atomic mass is 32.2. The lowest BCUT2D eigenvalue weighted by atomic mass is 10.2. The van der Waals surface area contributed by atoms with Gasteiger partial charge in [-0.05, 0) is 26.3 Å². The van der Waals surface area contributed by atoms with Crippen LogP contribution in [-0.2, 0) is 19.9 Å². The van der Waals surface area contributed by atoms with Crippen molar-refractivity contribution in [3.63, 3.8) is 0 Å². The zero-order valence-corrected chi connectivity index (χ0v) is 12.5. The van der Waals surface area contributed by atoms with E-state index in [9.17, 15) is 16.8 Å². The maximum absolute atomic E-state index is 12.0. The molecule has 8 heteroatoms. The van der Waals surface area contributed by atoms with E-state index >= 15 is 0 Å². The second-order valence-electron chi connectivity index (χ2n) is 4.73. The van der Waals surface area contributed by atoms with Crippen LogP contribution in [0.4, 0.5) is 0 Å². The van der Waals surface area contributed by atoms with Gasteiger partial charge in [-0.15, -0.1) is 0 Å². The summed E-state index contributed by atoms with van der Waals surface area (Å²) in [5.74, 6) is 0.0817. The van der Waals surface area contributed by atoms with Gasteiger partial charge in [0, 0.05) is 12.6 Å². The molecule has 0 saturated carbocycles. The zero-order chi connectivity index (χ0) is 13.8. The highest BCUT2D eigenvalue weighted by Gasteiger charge is 2.30. The van der Waals surface area contributed by atoms with E-state index < -0.39 is 31.2 Å². The molecule has 2 N–H and O–H groups in total. The molecule has 2 unspecified atom stereocenters. The van der Waals surface area contributed by atoms with Crippen LogP contribution >= 0.6 is 0 Å². The van der Waals surface area contributed by atoms with E-state index in [1.165, 1.54) is 0 Å². The Morgan fingerprint density at radius 1 is 1.39 bits per heavy atom. The number of rotatable bonds is 6. The fourth-order valence-electron chi connectivity index (χ4n) is 1.92. The molecule has 0 spiro atoms. The topological polar surface area (TPSA) is 92.3 Å². The van der Waals surface area contributed by atoms with Crippen LogP contribution in [0.1, 0.15) is 26.7 Å². The second-order valence-corrected chi connectivity index (χ2v) is 9.09. The Kier molecular flexibility index (Phi) is 5.57. The van der Waals surface area contributed by atoms with Crippen LogP contribution in [0.15, 0.2) is 0 Å². The van der Waals surface area contributed by atoms with Crippen molar-refractivity contribution >= 4 is 19.9 Å². The summed E-state index contributed by atoms with van der Waals surface area (Å²) < 4.78 is 49.3. The summed E-state index contributed by atoms with van der Waals surface area (Å²) in [5, 5.41) is 2.40. The first-order chi connectivity index (χ1) is 8.27. The molecule has 0 radical (unpaired) electrons. The molecule has 18 heavy (non-hydrogen) atoms. The number of nitrogens with one attached hydrogen (secondary N) is 2. The van der Waals surface area contributed by atoms with Gasteiger partial charge in [-0.25, -0.2) is 21.6 Å². The van der Waals surface area contributed by atoms with Crippen LogP contribution in [0, 0.1) is 0 Å². The van der Waals surface area contributed by atoms with E-state index in [-0.39, 0.29) is 11.5 Å². The first-order valence-corrected chi connectivity index (χ1v) is 9.56. The van der Waals surface area contributed by atoms with Crippen LogP contribution in [0.5, 0.6) is 0 Å². The van der Waals surface area contributed by atoms with Gasteiger partial charge in [0.15, 0.2) is 9.84 Å². The average molecular weight is 298 g/mol. The molecule has 0 aromatic carbocycles. The van der Waals surface area contributed by atoms with E-state index in [4.69, 9.17) is 0 Å². The van der Waals surface area contributed by atoms with Gasteiger partial charge in [-0.2, -0.15) is 0 Å². The monoisotopic (exact) mass is 298 g/mol. The molecule has 1 aliphatic rings. The summed E-state index contributed by atoms with van der Waals surface area (Å²) in [5.41, 5.74) is 0. The Morgan fingerprint density at radius 2 is 2.06 bits per heavy atom. The minimum Gasteiger partial charge on any atom is -0.316 e. The highest BCUT2D eigenvalue weighted by molar-refractivity contribution is 7.91. The van der Waals surface area contributed by atoms with Gasteiger partial charge in [0.05, 0.1) is 16.8 Å². The fraction of sp³-hybridized carbons (Fsp3) is 1.00. The van der Waals surface area contributed by atoms with Crippen molar-refractivity contribution in [3.8, 4) is 0 Å². The van der Waals surface area contributed by atoms with Gasteiger partial charge >= 0.3 is 0 Å². The lowest BCUT2D eigenvalue weighted by molar-refractivity contribution is 0.509. The zero-order valence-electron chi connectivity index (χ0n) is 10.8. The second kappa shape index (κ2) is 6.31. The van der Waals surface area contributed by atoms with Gasteiger partial charge < -0.3 is 5.32 Å². The molecule has 0 aromatic rings. The van der Waals surface area contributed by atoms with Crippen molar-refractivity contribution in [2.24, 2.45) is 0 Å². The van der Waals surface area contributed by atoms with E-state index in [0.29, 0.717) is 25.9 Å². The standard InChI is InChI=1S/C10H22N2O4S2/c1-3-11-7-9(2)18(15,16)12-10-5-4-6-17(13,14)8-10/h9-12H,3-8H2,1-2H3. The minimum absolute atomic E-state index is 0.0832. The lowest BCUT2D eigenvalue weighted by Gasteiger charge is -2.24. The largest absolute Gasteiger partial charge is 0.316 e.